The summed E-state index contributed by atoms with van der Waals surface area (Å²) in [6.07, 6.45) is -2.89. The molecule has 0 saturated carbocycles. The van der Waals surface area contributed by atoms with Gasteiger partial charge in [0.2, 0.25) is 5.95 Å². The average molecular weight is 205 g/mol. The van der Waals surface area contributed by atoms with E-state index in [9.17, 15) is 18.0 Å². The zero-order chi connectivity index (χ0) is 10.7. The van der Waals surface area contributed by atoms with E-state index >= 15 is 0 Å². The highest BCUT2D eigenvalue weighted by Gasteiger charge is 2.21. The molecule has 1 rings (SSSR count). The van der Waals surface area contributed by atoms with Crippen molar-refractivity contribution in [2.24, 2.45) is 0 Å². The van der Waals surface area contributed by atoms with E-state index in [0.717, 1.165) is 19.2 Å². The number of alkyl halides is 2. The van der Waals surface area contributed by atoms with E-state index < -0.39 is 29.6 Å². The number of hydrogen-bond acceptors (Lipinski definition) is 3. The van der Waals surface area contributed by atoms with Crippen LogP contribution in [0.3, 0.4) is 0 Å². The number of carbonyl (C=O) groups excluding carboxylic acids is 1. The second-order valence-corrected chi connectivity index (χ2v) is 2.36. The van der Waals surface area contributed by atoms with E-state index in [4.69, 9.17) is 0 Å². The Bertz CT molecular complexity index is 354. The summed E-state index contributed by atoms with van der Waals surface area (Å²) in [6, 6.07) is 1.56. The maximum atomic E-state index is 12.5. The van der Waals surface area contributed by atoms with E-state index in [1.807, 2.05) is 0 Å². The lowest BCUT2D eigenvalue weighted by Crippen LogP contribution is -2.10. The number of esters is 1. The van der Waals surface area contributed by atoms with Crippen molar-refractivity contribution < 1.29 is 22.7 Å². The lowest BCUT2D eigenvalue weighted by molar-refractivity contribution is 0.0580. The van der Waals surface area contributed by atoms with Gasteiger partial charge in [-0.15, -0.1) is 0 Å². The first-order chi connectivity index (χ1) is 6.56. The molecule has 0 bridgehead atoms. The summed E-state index contributed by atoms with van der Waals surface area (Å²) in [4.78, 5) is 14.0. The van der Waals surface area contributed by atoms with Crippen LogP contribution in [-0.2, 0) is 4.74 Å². The Morgan fingerprint density at radius 2 is 2.14 bits per heavy atom. The third kappa shape index (κ3) is 2.01. The zero-order valence-electron chi connectivity index (χ0n) is 7.13. The van der Waals surface area contributed by atoms with Crippen LogP contribution in [-0.4, -0.2) is 18.1 Å². The molecule has 0 atom stereocenters. The summed E-state index contributed by atoms with van der Waals surface area (Å²) in [7, 11) is 1.00. The fourth-order valence-corrected chi connectivity index (χ4v) is 0.882. The standard InChI is InChI=1S/C8H6F3NO2/c1-14-8(13)6-4(7(10)11)2-3-5(9)12-6/h2-3,7H,1H3. The minimum atomic E-state index is -2.89. The summed E-state index contributed by atoms with van der Waals surface area (Å²) in [6.45, 7) is 0. The molecular formula is C8H6F3NO2. The largest absolute Gasteiger partial charge is 0.464 e. The SMILES string of the molecule is COC(=O)c1nc(F)ccc1C(F)F. The maximum absolute atomic E-state index is 12.5. The Morgan fingerprint density at radius 3 is 2.64 bits per heavy atom. The monoisotopic (exact) mass is 205 g/mol. The number of halogens is 3. The van der Waals surface area contributed by atoms with Crippen molar-refractivity contribution >= 4 is 5.97 Å². The molecule has 1 aromatic rings. The Kier molecular flexibility index (Phi) is 3.06. The van der Waals surface area contributed by atoms with Gasteiger partial charge in [0.25, 0.3) is 6.43 Å². The van der Waals surface area contributed by atoms with Gasteiger partial charge in [0.1, 0.15) is 0 Å². The third-order valence-electron chi connectivity index (χ3n) is 1.51. The quantitative estimate of drug-likeness (QED) is 0.547. The number of ether oxygens (including phenoxy) is 1. The number of nitrogens with zero attached hydrogens (tertiary/aromatic N) is 1. The molecule has 0 spiro atoms. The second kappa shape index (κ2) is 4.08. The molecule has 76 valence electrons. The Labute approximate surface area is 77.5 Å². The fourth-order valence-electron chi connectivity index (χ4n) is 0.882. The van der Waals surface area contributed by atoms with Gasteiger partial charge in [-0.3, -0.25) is 0 Å². The van der Waals surface area contributed by atoms with Gasteiger partial charge in [0.15, 0.2) is 5.69 Å². The van der Waals surface area contributed by atoms with Gasteiger partial charge >= 0.3 is 5.97 Å². The molecule has 0 aromatic carbocycles. The summed E-state index contributed by atoms with van der Waals surface area (Å²) >= 11 is 0. The molecule has 0 radical (unpaired) electrons. The number of methoxy groups -OCH3 is 1. The molecule has 6 heteroatoms. The highest BCUT2D eigenvalue weighted by atomic mass is 19.3. The number of aromatic nitrogens is 1. The summed E-state index contributed by atoms with van der Waals surface area (Å²) < 4.78 is 41.3. The van der Waals surface area contributed by atoms with Crippen LogP contribution in [0.25, 0.3) is 0 Å². The maximum Gasteiger partial charge on any atom is 0.357 e. The number of rotatable bonds is 2. The molecule has 0 amide bonds. The van der Waals surface area contributed by atoms with Crippen LogP contribution >= 0.6 is 0 Å². The zero-order valence-corrected chi connectivity index (χ0v) is 7.13. The van der Waals surface area contributed by atoms with Gasteiger partial charge in [-0.2, -0.15) is 4.39 Å². The van der Waals surface area contributed by atoms with Crippen molar-refractivity contribution in [1.82, 2.24) is 4.98 Å². The van der Waals surface area contributed by atoms with Crippen molar-refractivity contribution in [3.8, 4) is 0 Å². The first-order valence-electron chi connectivity index (χ1n) is 3.59. The van der Waals surface area contributed by atoms with Crippen LogP contribution in [0.5, 0.6) is 0 Å². The number of hydrogen-bond donors (Lipinski definition) is 0. The topological polar surface area (TPSA) is 39.2 Å². The van der Waals surface area contributed by atoms with E-state index in [1.165, 1.54) is 0 Å². The molecule has 0 aliphatic heterocycles. The summed E-state index contributed by atoms with van der Waals surface area (Å²) in [5.41, 5.74) is -1.33. The van der Waals surface area contributed by atoms with Crippen LogP contribution < -0.4 is 0 Å². The lowest BCUT2D eigenvalue weighted by atomic mass is 10.2. The van der Waals surface area contributed by atoms with Gasteiger partial charge in [-0.25, -0.2) is 18.6 Å². The highest BCUT2D eigenvalue weighted by Crippen LogP contribution is 2.22. The van der Waals surface area contributed by atoms with Crippen LogP contribution in [0, 0.1) is 5.95 Å². The normalized spacial score (nSPS) is 10.4. The molecule has 0 aliphatic rings. The predicted molar refractivity (Wildman–Crippen MR) is 40.5 cm³/mol. The molecule has 0 saturated heterocycles. The minimum Gasteiger partial charge on any atom is -0.464 e. The molecule has 1 aromatic heterocycles. The average Bonchev–Trinajstić information content (AvgIpc) is 2.16. The fraction of sp³-hybridized carbons (Fsp3) is 0.250. The molecular weight excluding hydrogens is 199 g/mol. The number of carbonyl (C=O) groups is 1. The van der Waals surface area contributed by atoms with Gasteiger partial charge in [0.05, 0.1) is 12.7 Å². The van der Waals surface area contributed by atoms with Gasteiger partial charge in [0, 0.05) is 0 Å². The van der Waals surface area contributed by atoms with Crippen LogP contribution in [0.2, 0.25) is 0 Å². The van der Waals surface area contributed by atoms with Gasteiger partial charge in [-0.1, -0.05) is 0 Å². The van der Waals surface area contributed by atoms with Crippen LogP contribution in [0.1, 0.15) is 22.5 Å². The van der Waals surface area contributed by atoms with Crippen molar-refractivity contribution in [2.45, 2.75) is 6.43 Å². The summed E-state index contributed by atoms with van der Waals surface area (Å²) in [5, 5.41) is 0. The molecule has 0 N–H and O–H groups in total. The molecule has 14 heavy (non-hydrogen) atoms. The van der Waals surface area contributed by atoms with Crippen molar-refractivity contribution in [3.63, 3.8) is 0 Å². The second-order valence-electron chi connectivity index (χ2n) is 2.36. The number of pyridine rings is 1. The molecule has 3 nitrogen and oxygen atoms in total. The molecule has 0 unspecified atom stereocenters. The van der Waals surface area contributed by atoms with E-state index in [2.05, 4.69) is 9.72 Å². The van der Waals surface area contributed by atoms with Crippen LogP contribution in [0.15, 0.2) is 12.1 Å². The summed E-state index contributed by atoms with van der Waals surface area (Å²) in [5.74, 6) is -2.09. The van der Waals surface area contributed by atoms with E-state index in [0.29, 0.717) is 0 Å². The first kappa shape index (κ1) is 10.5. The lowest BCUT2D eigenvalue weighted by Gasteiger charge is -2.05. The third-order valence-corrected chi connectivity index (χ3v) is 1.51. The first-order valence-corrected chi connectivity index (χ1v) is 3.59. The molecule has 0 fully saturated rings. The predicted octanol–water partition coefficient (Wildman–Crippen LogP) is 1.94. The van der Waals surface area contributed by atoms with Crippen molar-refractivity contribution in [1.29, 1.82) is 0 Å². The van der Waals surface area contributed by atoms with E-state index in [-0.39, 0.29) is 0 Å². The Hall–Kier alpha value is -1.59. The van der Waals surface area contributed by atoms with Crippen molar-refractivity contribution in [3.05, 3.63) is 29.3 Å². The smallest absolute Gasteiger partial charge is 0.357 e. The molecule has 0 aliphatic carbocycles. The highest BCUT2D eigenvalue weighted by molar-refractivity contribution is 5.88. The van der Waals surface area contributed by atoms with Crippen LogP contribution in [0.4, 0.5) is 13.2 Å². The Balaban J connectivity index is 3.22. The minimum absolute atomic E-state index is 0.641. The van der Waals surface area contributed by atoms with Gasteiger partial charge in [-0.05, 0) is 12.1 Å². The van der Waals surface area contributed by atoms with E-state index in [1.54, 1.807) is 0 Å². The molecule has 1 heterocycles. The Morgan fingerprint density at radius 1 is 1.50 bits per heavy atom. The van der Waals surface area contributed by atoms with Gasteiger partial charge < -0.3 is 4.74 Å². The van der Waals surface area contributed by atoms with Crippen molar-refractivity contribution in [2.75, 3.05) is 7.11 Å².